The number of nitrogens with two attached hydrogens (primary N) is 1. The molecule has 0 unspecified atom stereocenters. The van der Waals surface area contributed by atoms with E-state index >= 15 is 0 Å². The second kappa shape index (κ2) is 4.77. The van der Waals surface area contributed by atoms with Gasteiger partial charge >= 0.3 is 0 Å². The van der Waals surface area contributed by atoms with Crippen molar-refractivity contribution in [2.75, 3.05) is 5.73 Å². The van der Waals surface area contributed by atoms with E-state index in [1.54, 1.807) is 30.5 Å². The van der Waals surface area contributed by atoms with E-state index in [4.69, 9.17) is 10.3 Å². The SMILES string of the molecule is Cc1ncccc1-c1onc(N)c1-c1ccccc1F. The highest BCUT2D eigenvalue weighted by Gasteiger charge is 2.21. The number of nitrogen functional groups attached to an aromatic ring is 1. The number of pyridine rings is 1. The van der Waals surface area contributed by atoms with Crippen molar-refractivity contribution in [1.29, 1.82) is 0 Å². The third kappa shape index (κ3) is 1.93. The summed E-state index contributed by atoms with van der Waals surface area (Å²) < 4.78 is 19.3. The van der Waals surface area contributed by atoms with Crippen LogP contribution in [0.15, 0.2) is 47.1 Å². The summed E-state index contributed by atoms with van der Waals surface area (Å²) in [4.78, 5) is 4.20. The molecule has 2 N–H and O–H groups in total. The van der Waals surface area contributed by atoms with Crippen LogP contribution in [-0.4, -0.2) is 10.1 Å². The normalized spacial score (nSPS) is 10.7. The molecule has 2 aromatic heterocycles. The summed E-state index contributed by atoms with van der Waals surface area (Å²) in [5.74, 6) is 0.219. The Balaban J connectivity index is 2.26. The maximum absolute atomic E-state index is 14.0. The first-order valence-corrected chi connectivity index (χ1v) is 6.10. The smallest absolute Gasteiger partial charge is 0.178 e. The second-order valence-electron chi connectivity index (χ2n) is 4.39. The summed E-state index contributed by atoms with van der Waals surface area (Å²) in [5.41, 5.74) is 8.17. The Morgan fingerprint density at radius 1 is 1.10 bits per heavy atom. The molecule has 4 nitrogen and oxygen atoms in total. The van der Waals surface area contributed by atoms with Crippen LogP contribution in [0.25, 0.3) is 22.5 Å². The fourth-order valence-electron chi connectivity index (χ4n) is 2.13. The van der Waals surface area contributed by atoms with Crippen molar-refractivity contribution in [3.63, 3.8) is 0 Å². The van der Waals surface area contributed by atoms with Crippen molar-refractivity contribution in [3.8, 4) is 22.5 Å². The topological polar surface area (TPSA) is 64.9 Å². The summed E-state index contributed by atoms with van der Waals surface area (Å²) in [6.07, 6.45) is 1.68. The molecule has 0 spiro atoms. The molecule has 0 bridgehead atoms. The fourth-order valence-corrected chi connectivity index (χ4v) is 2.13. The molecule has 1 aromatic carbocycles. The van der Waals surface area contributed by atoms with Crippen LogP contribution in [0.5, 0.6) is 0 Å². The molecule has 0 fully saturated rings. The van der Waals surface area contributed by atoms with Gasteiger partial charge in [-0.05, 0) is 25.1 Å². The summed E-state index contributed by atoms with van der Waals surface area (Å²) in [5, 5.41) is 3.76. The Labute approximate surface area is 115 Å². The Morgan fingerprint density at radius 3 is 2.60 bits per heavy atom. The number of aryl methyl sites for hydroxylation is 1. The quantitative estimate of drug-likeness (QED) is 0.774. The number of nitrogens with zero attached hydrogens (tertiary/aromatic N) is 2. The van der Waals surface area contributed by atoms with Gasteiger partial charge in [-0.15, -0.1) is 0 Å². The molecule has 100 valence electrons. The van der Waals surface area contributed by atoms with Crippen LogP contribution in [0.4, 0.5) is 10.2 Å². The Hall–Kier alpha value is -2.69. The maximum Gasteiger partial charge on any atom is 0.178 e. The van der Waals surface area contributed by atoms with E-state index in [1.165, 1.54) is 6.07 Å². The molecule has 20 heavy (non-hydrogen) atoms. The largest absolute Gasteiger partial charge is 0.380 e. The first-order chi connectivity index (χ1) is 9.68. The molecule has 3 rings (SSSR count). The lowest BCUT2D eigenvalue weighted by Crippen LogP contribution is -1.92. The highest BCUT2D eigenvalue weighted by atomic mass is 19.1. The zero-order chi connectivity index (χ0) is 14.1. The fraction of sp³-hybridized carbons (Fsp3) is 0.0667. The Morgan fingerprint density at radius 2 is 1.85 bits per heavy atom. The van der Waals surface area contributed by atoms with Gasteiger partial charge in [0, 0.05) is 23.0 Å². The Bertz CT molecular complexity index is 767. The van der Waals surface area contributed by atoms with Gasteiger partial charge in [-0.2, -0.15) is 0 Å². The highest BCUT2D eigenvalue weighted by molar-refractivity contribution is 5.87. The Kier molecular flexibility index (Phi) is 2.95. The zero-order valence-corrected chi connectivity index (χ0v) is 10.8. The minimum atomic E-state index is -0.370. The maximum atomic E-state index is 14.0. The van der Waals surface area contributed by atoms with Crippen LogP contribution in [0.2, 0.25) is 0 Å². The van der Waals surface area contributed by atoms with Crippen molar-refractivity contribution in [2.45, 2.75) is 6.92 Å². The third-order valence-electron chi connectivity index (χ3n) is 3.11. The molecule has 0 atom stereocenters. The third-order valence-corrected chi connectivity index (χ3v) is 3.11. The van der Waals surface area contributed by atoms with E-state index in [9.17, 15) is 4.39 Å². The van der Waals surface area contributed by atoms with Crippen molar-refractivity contribution in [3.05, 3.63) is 54.1 Å². The van der Waals surface area contributed by atoms with E-state index in [0.29, 0.717) is 16.9 Å². The van der Waals surface area contributed by atoms with Crippen LogP contribution in [-0.2, 0) is 0 Å². The molecule has 0 saturated heterocycles. The number of anilines is 1. The number of aromatic nitrogens is 2. The molecule has 3 aromatic rings. The number of halogens is 1. The van der Waals surface area contributed by atoms with Gasteiger partial charge in [0.25, 0.3) is 0 Å². The summed E-state index contributed by atoms with van der Waals surface area (Å²) in [7, 11) is 0. The first kappa shape index (κ1) is 12.3. The van der Waals surface area contributed by atoms with E-state index in [-0.39, 0.29) is 11.6 Å². The number of hydrogen-bond donors (Lipinski definition) is 1. The molecule has 2 heterocycles. The monoisotopic (exact) mass is 269 g/mol. The summed E-state index contributed by atoms with van der Waals surface area (Å²) >= 11 is 0. The van der Waals surface area contributed by atoms with Gasteiger partial charge in [0.1, 0.15) is 5.82 Å². The van der Waals surface area contributed by atoms with Crippen molar-refractivity contribution >= 4 is 5.82 Å². The van der Waals surface area contributed by atoms with Gasteiger partial charge in [-0.1, -0.05) is 23.4 Å². The minimum absolute atomic E-state index is 0.161. The second-order valence-corrected chi connectivity index (χ2v) is 4.39. The van der Waals surface area contributed by atoms with Crippen LogP contribution >= 0.6 is 0 Å². The van der Waals surface area contributed by atoms with Gasteiger partial charge in [0.15, 0.2) is 11.6 Å². The number of rotatable bonds is 2. The average molecular weight is 269 g/mol. The molecule has 0 aliphatic heterocycles. The van der Waals surface area contributed by atoms with E-state index < -0.39 is 0 Å². The van der Waals surface area contributed by atoms with Crippen molar-refractivity contribution < 1.29 is 8.91 Å². The molecule has 0 aliphatic rings. The predicted octanol–water partition coefficient (Wildman–Crippen LogP) is 3.43. The number of benzene rings is 1. The van der Waals surface area contributed by atoms with Crippen molar-refractivity contribution in [1.82, 2.24) is 10.1 Å². The van der Waals surface area contributed by atoms with Crippen LogP contribution in [0.1, 0.15) is 5.69 Å². The molecule has 5 heteroatoms. The lowest BCUT2D eigenvalue weighted by atomic mass is 10.0. The molecule has 0 radical (unpaired) electrons. The standard InChI is InChI=1S/C15H12FN3O/c1-9-10(6-4-8-18-9)14-13(15(17)19-20-14)11-5-2-3-7-12(11)16/h2-8H,1H3,(H2,17,19). The van der Waals surface area contributed by atoms with Gasteiger partial charge in [-0.25, -0.2) is 4.39 Å². The zero-order valence-electron chi connectivity index (χ0n) is 10.8. The predicted molar refractivity (Wildman–Crippen MR) is 74.3 cm³/mol. The average Bonchev–Trinajstić information content (AvgIpc) is 2.82. The van der Waals surface area contributed by atoms with Gasteiger partial charge in [0.2, 0.25) is 0 Å². The minimum Gasteiger partial charge on any atom is -0.380 e. The van der Waals surface area contributed by atoms with Gasteiger partial charge < -0.3 is 10.3 Å². The lowest BCUT2D eigenvalue weighted by molar-refractivity contribution is 0.435. The lowest BCUT2D eigenvalue weighted by Gasteiger charge is -2.05. The highest BCUT2D eigenvalue weighted by Crippen LogP contribution is 2.38. The molecule has 0 amide bonds. The van der Waals surface area contributed by atoms with Crippen LogP contribution in [0.3, 0.4) is 0 Å². The van der Waals surface area contributed by atoms with E-state index in [1.807, 2.05) is 13.0 Å². The first-order valence-electron chi connectivity index (χ1n) is 6.10. The van der Waals surface area contributed by atoms with E-state index in [2.05, 4.69) is 10.1 Å². The molecular weight excluding hydrogens is 257 g/mol. The molecular formula is C15H12FN3O. The summed E-state index contributed by atoms with van der Waals surface area (Å²) in [6.45, 7) is 1.85. The molecule has 0 saturated carbocycles. The van der Waals surface area contributed by atoms with Crippen LogP contribution < -0.4 is 5.73 Å². The van der Waals surface area contributed by atoms with Gasteiger partial charge in [-0.3, -0.25) is 4.98 Å². The molecule has 0 aliphatic carbocycles. The van der Waals surface area contributed by atoms with Crippen molar-refractivity contribution in [2.24, 2.45) is 0 Å². The van der Waals surface area contributed by atoms with Gasteiger partial charge in [0.05, 0.1) is 5.56 Å². The van der Waals surface area contributed by atoms with E-state index in [0.717, 1.165) is 11.3 Å². The van der Waals surface area contributed by atoms with Crippen LogP contribution in [0, 0.1) is 12.7 Å². The summed E-state index contributed by atoms with van der Waals surface area (Å²) in [6, 6.07) is 10.0. The number of hydrogen-bond acceptors (Lipinski definition) is 4.